The number of hydrogen-bond acceptors (Lipinski definition) is 16. The fourth-order valence-corrected chi connectivity index (χ4v) is 16.7. The molecule has 0 fully saturated rings. The van der Waals surface area contributed by atoms with Gasteiger partial charge in [-0.3, -0.25) is 19.9 Å². The monoisotopic (exact) mass is 2550 g/mol. The Morgan fingerprint density at radius 1 is 0.275 bits per heavy atom. The van der Waals surface area contributed by atoms with Gasteiger partial charge < -0.3 is 60.8 Å². The zero-order valence-electron chi connectivity index (χ0n) is 80.4. The van der Waals surface area contributed by atoms with Crippen molar-refractivity contribution in [3.63, 3.8) is 0 Å². The maximum Gasteiger partial charge on any atom is 0.0873 e. The zero-order valence-corrected chi connectivity index (χ0v) is 89.9. The molecule has 0 spiro atoms. The maximum atomic E-state index is 8.56. The maximum absolute atomic E-state index is 8.56. The van der Waals surface area contributed by atoms with E-state index in [1.807, 2.05) is 73.3 Å². The minimum Gasteiger partial charge on any atom is -0.393 e. The van der Waals surface area contributed by atoms with E-state index in [-0.39, 0.29) is 136 Å². The summed E-state index contributed by atoms with van der Waals surface area (Å²) in [6.07, 6.45) is 7.42. The molecule has 4 heterocycles. The third-order valence-electron chi connectivity index (χ3n) is 22.9. The number of fused-ring (bicyclic) bond motifs is 24. The second-order valence-corrected chi connectivity index (χ2v) is 36.1. The summed E-state index contributed by atoms with van der Waals surface area (Å²) in [4.78, 5) is 39.3. The molecule has 20 aromatic rings. The summed E-state index contributed by atoms with van der Waals surface area (Å²) in [7, 11) is 0. The average molecular weight is 2550 g/mol. The van der Waals surface area contributed by atoms with Crippen LogP contribution in [0.3, 0.4) is 0 Å². The SMILES string of the molecule is CC(C)(C)c1cccc(-c2cnc3c4[c-]cccc4c4ccccc4c3n2)c1.CC(C)c1cccc(-c2cnc3c4[c-]cccc4c4ccccc4c3n2)c1.CC(O)CC(C)O.CC(O)CC(C)O.CC(O)CC(C)O.CC(O)CC(C)O.CCc1cccc(-c2cnc3c4[c-]cccc4c4ccccc4c3n2)c1.Cc1cccc(-c2cnc3c4[c-]cccc4c4ccccc4c3n2)c1.[Ir].[Ir].[Ir].[Pt]. The molecule has 20 rings (SSSR count). The van der Waals surface area contributed by atoms with E-state index in [9.17, 15) is 0 Å². The smallest absolute Gasteiger partial charge is 0.0873 e. The quantitative estimate of drug-likeness (QED) is 0.0372. The Bertz CT molecular complexity index is 7220. The molecule has 0 aliphatic carbocycles. The molecular weight excluding hydrogens is 2430 g/mol. The first kappa shape index (κ1) is 111. The van der Waals surface area contributed by atoms with Gasteiger partial charge in [0.15, 0.2) is 0 Å². The predicted octanol–water partition coefficient (Wildman–Crippen LogP) is 25.4. The molecule has 138 heavy (non-hydrogen) atoms. The molecule has 721 valence electrons. The summed E-state index contributed by atoms with van der Waals surface area (Å²) in [6, 6.07) is 106. The molecule has 3 radical (unpaired) electrons. The van der Waals surface area contributed by atoms with Crippen LogP contribution in [0.1, 0.15) is 151 Å². The van der Waals surface area contributed by atoms with E-state index in [2.05, 4.69) is 291 Å². The molecule has 8 atom stereocenters. The van der Waals surface area contributed by atoms with Crippen molar-refractivity contribution in [3.8, 4) is 45.0 Å². The first-order chi connectivity index (χ1) is 64.4. The largest absolute Gasteiger partial charge is 0.393 e. The van der Waals surface area contributed by atoms with Gasteiger partial charge in [-0.1, -0.05) is 260 Å². The van der Waals surface area contributed by atoms with Gasteiger partial charge in [-0.15, -0.1) is 119 Å². The van der Waals surface area contributed by atoms with Gasteiger partial charge in [0.2, 0.25) is 0 Å². The van der Waals surface area contributed by atoms with Crippen LogP contribution < -0.4 is 0 Å². The molecule has 16 nitrogen and oxygen atoms in total. The third-order valence-corrected chi connectivity index (χ3v) is 22.9. The number of aliphatic hydroxyl groups is 8. The van der Waals surface area contributed by atoms with E-state index in [0.29, 0.717) is 31.6 Å². The van der Waals surface area contributed by atoms with Gasteiger partial charge in [0.05, 0.1) is 93.7 Å². The summed E-state index contributed by atoms with van der Waals surface area (Å²) < 4.78 is 0. The minimum atomic E-state index is -0.375. The van der Waals surface area contributed by atoms with Crippen LogP contribution >= 0.6 is 0 Å². The Morgan fingerprint density at radius 2 is 0.529 bits per heavy atom. The van der Waals surface area contributed by atoms with Gasteiger partial charge in [0.1, 0.15) is 0 Å². The summed E-state index contributed by atoms with van der Waals surface area (Å²) in [6.45, 7) is 28.6. The van der Waals surface area contributed by atoms with Crippen LogP contribution in [-0.2, 0) is 93.2 Å². The number of hydrogen-bond donors (Lipinski definition) is 8. The Kier molecular flexibility index (Phi) is 41.8. The fourth-order valence-electron chi connectivity index (χ4n) is 16.7. The first-order valence-corrected chi connectivity index (χ1v) is 46.1. The van der Waals surface area contributed by atoms with E-state index in [1.54, 1.807) is 55.4 Å². The van der Waals surface area contributed by atoms with Gasteiger partial charge in [-0.25, -0.2) is 0 Å². The van der Waals surface area contributed by atoms with Crippen molar-refractivity contribution in [2.45, 2.75) is 196 Å². The summed E-state index contributed by atoms with van der Waals surface area (Å²) in [5.74, 6) is 0.484. The molecule has 0 saturated heterocycles. The van der Waals surface area contributed by atoms with Crippen LogP contribution in [0.25, 0.3) is 175 Å². The molecule has 0 bridgehead atoms. The van der Waals surface area contributed by atoms with Crippen LogP contribution in [0.4, 0.5) is 0 Å². The van der Waals surface area contributed by atoms with Crippen molar-refractivity contribution < 1.29 is 122 Å². The number of aromatic nitrogens is 8. The minimum absolute atomic E-state index is 0. The number of rotatable bonds is 14. The molecule has 8 unspecified atom stereocenters. The van der Waals surface area contributed by atoms with Gasteiger partial charge in [-0.05, 0) is 168 Å². The van der Waals surface area contributed by atoms with Crippen LogP contribution in [0.2, 0.25) is 0 Å². The molecule has 20 heteroatoms. The Morgan fingerprint density at radius 3 is 0.797 bits per heavy atom. The summed E-state index contributed by atoms with van der Waals surface area (Å²) in [5.41, 5.74) is 20.6. The molecule has 4 aromatic heterocycles. The van der Waals surface area contributed by atoms with Crippen molar-refractivity contribution in [2.24, 2.45) is 0 Å². The first-order valence-electron chi connectivity index (χ1n) is 46.1. The van der Waals surface area contributed by atoms with Crippen molar-refractivity contribution in [3.05, 3.63) is 338 Å². The van der Waals surface area contributed by atoms with Crippen molar-refractivity contribution in [1.82, 2.24) is 39.9 Å². The van der Waals surface area contributed by atoms with E-state index in [1.165, 1.54) is 65.3 Å². The molecule has 16 aromatic carbocycles. The van der Waals surface area contributed by atoms with Crippen LogP contribution in [0.15, 0.2) is 292 Å². The second-order valence-electron chi connectivity index (χ2n) is 36.1. The Balaban J connectivity index is 0.000000187. The summed E-state index contributed by atoms with van der Waals surface area (Å²) >= 11 is 0. The molecule has 0 aliphatic rings. The van der Waals surface area contributed by atoms with Crippen molar-refractivity contribution in [1.29, 1.82) is 0 Å². The van der Waals surface area contributed by atoms with Gasteiger partial charge in [-0.2, -0.15) is 0 Å². The number of nitrogens with zero attached hydrogens (tertiary/aromatic N) is 8. The van der Waals surface area contributed by atoms with Crippen LogP contribution in [0.5, 0.6) is 0 Å². The topological polar surface area (TPSA) is 265 Å². The Hall–Kier alpha value is -10.7. The zero-order chi connectivity index (χ0) is 95.4. The average Bonchev–Trinajstić information content (AvgIpc) is 0.756. The number of benzene rings is 16. The fraction of sp³-hybridized carbons (Fsp3) is 0.254. The molecule has 0 saturated carbocycles. The standard InChI is InChI=1S/C26H21N2.C25H19N2.C24H17N2.C23H15N2.4C5H12O2.3Ir.Pt/c1-26(2,3)18-10-8-9-17(15-18)23-16-27-24-21-13-6-4-11-19(21)20-12-5-7-14-22(20)25(24)28-23;1-16(2)17-8-7-9-18(14-17)23-15-26-24-21-12-5-3-10-19(21)20-11-4-6-13-22(20)25(24)27-23;1-2-16-8-7-9-17(14-16)22-15-25-23-20-12-5-3-10-18(20)19-11-4-6-13-21(19)24(23)26-22;1-15-7-6-8-16(13-15)21-14-24-22-19-11-4-2-9-17(19)18-10-3-5-12-20(18)23(22)25-21;4*1-4(6)3-5(2)7;;;;/h4-12,14-16H,1-3H3;3-11,13-16H,1-2H3;3-11,13-15H,2H2,1H3;2-10,12-14H,1H3;4*4-7H,3H2,1-2H3;;;;/q4*-1;;;;;;;;. The molecule has 0 amide bonds. The number of aliphatic hydroxyl groups excluding tert-OH is 8. The van der Waals surface area contributed by atoms with E-state index in [4.69, 9.17) is 80.7 Å². The third kappa shape index (κ3) is 28.3. The van der Waals surface area contributed by atoms with E-state index < -0.39 is 0 Å². The van der Waals surface area contributed by atoms with Crippen molar-refractivity contribution in [2.75, 3.05) is 0 Å². The van der Waals surface area contributed by atoms with E-state index >= 15 is 0 Å². The number of aryl methyl sites for hydroxylation is 2. The van der Waals surface area contributed by atoms with Gasteiger partial charge >= 0.3 is 0 Å². The Labute approximate surface area is 864 Å². The van der Waals surface area contributed by atoms with Crippen LogP contribution in [-0.4, -0.2) is 130 Å². The summed E-state index contributed by atoms with van der Waals surface area (Å²) in [5, 5.41) is 86.6. The second kappa shape index (κ2) is 52.0. The van der Waals surface area contributed by atoms with Crippen LogP contribution in [0, 0.1) is 31.2 Å². The van der Waals surface area contributed by atoms with Crippen molar-refractivity contribution >= 4 is 130 Å². The van der Waals surface area contributed by atoms with E-state index in [0.717, 1.165) is 139 Å². The van der Waals surface area contributed by atoms with Gasteiger partial charge in [0, 0.05) is 150 Å². The normalized spacial score (nSPS) is 12.8. The molecular formula is C118H120Ir3N8O8Pt-4. The molecule has 8 N–H and O–H groups in total. The molecule has 0 aliphatic heterocycles. The predicted molar refractivity (Wildman–Crippen MR) is 554 cm³/mol. The van der Waals surface area contributed by atoms with Gasteiger partial charge in [0.25, 0.3) is 0 Å².